The first-order valence-corrected chi connectivity index (χ1v) is 5.71. The Hall–Kier alpha value is -2.40. The van der Waals surface area contributed by atoms with Gasteiger partial charge in [0.25, 0.3) is 0 Å². The van der Waals surface area contributed by atoms with Crippen LogP contribution in [-0.2, 0) is 23.9 Å². The van der Waals surface area contributed by atoms with Gasteiger partial charge in [-0.15, -0.1) is 0 Å². The molecular formula is C14H6O5. The van der Waals surface area contributed by atoms with E-state index in [1.165, 1.54) is 18.2 Å². The molecule has 5 nitrogen and oxygen atoms in total. The van der Waals surface area contributed by atoms with Gasteiger partial charge in [-0.3, -0.25) is 19.2 Å². The Morgan fingerprint density at radius 1 is 0.895 bits per heavy atom. The second-order valence-electron chi connectivity index (χ2n) is 4.76. The molecule has 19 heavy (non-hydrogen) atoms. The van der Waals surface area contributed by atoms with Crippen LogP contribution in [0.3, 0.4) is 0 Å². The summed E-state index contributed by atoms with van der Waals surface area (Å²) in [5, 5.41) is 0. The first-order chi connectivity index (χ1) is 9.03. The van der Waals surface area contributed by atoms with Crippen LogP contribution in [0.2, 0.25) is 0 Å². The minimum Gasteiger partial charge on any atom is -0.326 e. The molecule has 2 atom stereocenters. The zero-order chi connectivity index (χ0) is 13.4. The highest BCUT2D eigenvalue weighted by atomic mass is 16.6. The fraction of sp³-hybridized carbons (Fsp3) is 0.143. The van der Waals surface area contributed by atoms with E-state index in [-0.39, 0.29) is 5.57 Å². The van der Waals surface area contributed by atoms with Gasteiger partial charge in [-0.1, -0.05) is 12.2 Å². The monoisotopic (exact) mass is 254 g/mol. The fourth-order valence-electron chi connectivity index (χ4n) is 2.97. The molecular weight excluding hydrogens is 248 g/mol. The lowest BCUT2D eigenvalue weighted by Gasteiger charge is -2.56. The summed E-state index contributed by atoms with van der Waals surface area (Å²) in [7, 11) is 0. The van der Waals surface area contributed by atoms with E-state index in [4.69, 9.17) is 4.74 Å². The molecule has 3 aliphatic carbocycles. The normalized spacial score (nSPS) is 38.3. The number of ether oxygens (including phenoxy) is 1. The topological polar surface area (TPSA) is 77.5 Å². The summed E-state index contributed by atoms with van der Waals surface area (Å²) in [6.45, 7) is 0. The van der Waals surface area contributed by atoms with Crippen LogP contribution in [0.4, 0.5) is 0 Å². The molecule has 5 heteroatoms. The summed E-state index contributed by atoms with van der Waals surface area (Å²) >= 11 is 0. The summed E-state index contributed by atoms with van der Waals surface area (Å²) in [5.41, 5.74) is -3.27. The third kappa shape index (κ3) is 0.840. The maximum atomic E-state index is 12.5. The Bertz CT molecular complexity index is 733. The molecule has 2 spiro atoms. The van der Waals surface area contributed by atoms with Gasteiger partial charge in [-0.2, -0.15) is 0 Å². The molecule has 1 fully saturated rings. The second-order valence-corrected chi connectivity index (χ2v) is 4.76. The molecule has 0 amide bonds. The van der Waals surface area contributed by atoms with Gasteiger partial charge in [0.1, 0.15) is 0 Å². The molecule has 2 aliphatic heterocycles. The van der Waals surface area contributed by atoms with E-state index in [1.807, 2.05) is 0 Å². The lowest BCUT2D eigenvalue weighted by atomic mass is 9.58. The summed E-state index contributed by atoms with van der Waals surface area (Å²) in [5.74, 6) is -2.20. The Balaban J connectivity index is 2.06. The molecule has 5 rings (SSSR count). The van der Waals surface area contributed by atoms with Gasteiger partial charge in [0.05, 0.1) is 0 Å². The van der Waals surface area contributed by atoms with E-state index in [0.29, 0.717) is 5.57 Å². The minimum atomic E-state index is -1.88. The number of carbonyl (C=O) groups is 4. The van der Waals surface area contributed by atoms with Gasteiger partial charge < -0.3 is 4.74 Å². The highest BCUT2D eigenvalue weighted by Gasteiger charge is 2.77. The van der Waals surface area contributed by atoms with Crippen LogP contribution in [-0.4, -0.2) is 34.3 Å². The third-order valence-corrected chi connectivity index (χ3v) is 3.90. The third-order valence-electron chi connectivity index (χ3n) is 3.90. The van der Waals surface area contributed by atoms with E-state index in [9.17, 15) is 19.2 Å². The first kappa shape index (κ1) is 10.5. The number of carbonyl (C=O) groups excluding carboxylic acids is 4. The van der Waals surface area contributed by atoms with Crippen molar-refractivity contribution in [2.75, 3.05) is 0 Å². The van der Waals surface area contributed by atoms with Crippen LogP contribution < -0.4 is 0 Å². The lowest BCUT2D eigenvalue weighted by Crippen LogP contribution is -2.80. The Kier molecular flexibility index (Phi) is 1.54. The number of Topliss-reactive ketones (excluding diaryl/α,β-unsaturated/α-hetero) is 1. The maximum Gasteiger partial charge on any atom is 0.223 e. The zero-order valence-electron chi connectivity index (χ0n) is 9.51. The Morgan fingerprint density at radius 2 is 1.63 bits per heavy atom. The smallest absolute Gasteiger partial charge is 0.223 e. The van der Waals surface area contributed by atoms with Crippen molar-refractivity contribution in [1.82, 2.24) is 0 Å². The standard InChI is InChI=1S/C14H6O5/c15-9-4-5-11(17)14-8(9)6-7-2-1-3-10(16)13(7,19-14)12(14)18/h1-6H/t13-,14+/m0/s1. The summed E-state index contributed by atoms with van der Waals surface area (Å²) in [4.78, 5) is 48.2. The number of hydrogen-bond acceptors (Lipinski definition) is 5. The molecule has 5 aliphatic rings. The predicted octanol–water partition coefficient (Wildman–Crippen LogP) is -0.223. The predicted molar refractivity (Wildman–Crippen MR) is 61.0 cm³/mol. The number of allylic oxidation sites excluding steroid dienone is 3. The van der Waals surface area contributed by atoms with Gasteiger partial charge >= 0.3 is 0 Å². The largest absolute Gasteiger partial charge is 0.326 e. The highest BCUT2D eigenvalue weighted by molar-refractivity contribution is 6.40. The zero-order valence-corrected chi connectivity index (χ0v) is 9.51. The Labute approximate surface area is 106 Å². The average Bonchev–Trinajstić information content (AvgIpc) is 2.41. The number of hydrogen-bond donors (Lipinski definition) is 0. The molecule has 0 unspecified atom stereocenters. The summed E-state index contributed by atoms with van der Waals surface area (Å²) in [6.07, 6.45) is 7.84. The van der Waals surface area contributed by atoms with Gasteiger partial charge in [0.2, 0.25) is 17.0 Å². The van der Waals surface area contributed by atoms with Gasteiger partial charge in [-0.25, -0.2) is 0 Å². The molecule has 0 aromatic carbocycles. The van der Waals surface area contributed by atoms with Crippen LogP contribution in [0.15, 0.2) is 47.6 Å². The molecule has 0 saturated carbocycles. The Morgan fingerprint density at radius 3 is 2.37 bits per heavy atom. The van der Waals surface area contributed by atoms with Crippen molar-refractivity contribution < 1.29 is 23.9 Å². The molecule has 0 aromatic rings. The molecule has 1 saturated heterocycles. The SMILES string of the molecule is O=C1C=CC(=O)[C@]23O[C@@]4(C(=O)C=CC=C4C=C12)C3=O. The van der Waals surface area contributed by atoms with Crippen molar-refractivity contribution in [3.05, 3.63) is 47.6 Å². The fourth-order valence-corrected chi connectivity index (χ4v) is 2.97. The van der Waals surface area contributed by atoms with E-state index in [0.717, 1.165) is 12.2 Å². The highest BCUT2D eigenvalue weighted by Crippen LogP contribution is 2.55. The van der Waals surface area contributed by atoms with Crippen LogP contribution >= 0.6 is 0 Å². The van der Waals surface area contributed by atoms with E-state index >= 15 is 0 Å². The number of ketones is 4. The molecule has 2 bridgehead atoms. The van der Waals surface area contributed by atoms with Gasteiger partial charge in [0, 0.05) is 5.57 Å². The van der Waals surface area contributed by atoms with E-state index < -0.39 is 34.3 Å². The first-order valence-electron chi connectivity index (χ1n) is 5.71. The van der Waals surface area contributed by atoms with Crippen LogP contribution in [0.5, 0.6) is 0 Å². The minimum absolute atomic E-state index is 0.00113. The molecule has 0 N–H and O–H groups in total. The van der Waals surface area contributed by atoms with E-state index in [2.05, 4.69) is 0 Å². The van der Waals surface area contributed by atoms with Crippen LogP contribution in [0.25, 0.3) is 0 Å². The maximum absolute atomic E-state index is 12.5. The van der Waals surface area contributed by atoms with Crippen molar-refractivity contribution in [1.29, 1.82) is 0 Å². The summed E-state index contributed by atoms with van der Waals surface area (Å²) in [6, 6.07) is 0. The molecule has 2 heterocycles. The van der Waals surface area contributed by atoms with Gasteiger partial charge in [0.15, 0.2) is 17.3 Å². The molecule has 92 valence electrons. The van der Waals surface area contributed by atoms with Crippen molar-refractivity contribution in [2.45, 2.75) is 11.2 Å². The van der Waals surface area contributed by atoms with Crippen molar-refractivity contribution in [3.8, 4) is 0 Å². The average molecular weight is 254 g/mol. The van der Waals surface area contributed by atoms with Crippen molar-refractivity contribution >= 4 is 23.1 Å². The number of rotatable bonds is 0. The van der Waals surface area contributed by atoms with Crippen molar-refractivity contribution in [3.63, 3.8) is 0 Å². The van der Waals surface area contributed by atoms with Gasteiger partial charge in [-0.05, 0) is 29.9 Å². The van der Waals surface area contributed by atoms with E-state index in [1.54, 1.807) is 6.08 Å². The molecule has 0 aromatic heterocycles. The van der Waals surface area contributed by atoms with Crippen molar-refractivity contribution in [2.24, 2.45) is 0 Å². The van der Waals surface area contributed by atoms with Crippen LogP contribution in [0, 0.1) is 0 Å². The quantitative estimate of drug-likeness (QED) is 0.558. The lowest BCUT2D eigenvalue weighted by molar-refractivity contribution is -0.213. The molecule has 0 radical (unpaired) electrons. The summed E-state index contributed by atoms with van der Waals surface area (Å²) < 4.78 is 5.46. The van der Waals surface area contributed by atoms with Crippen LogP contribution in [0.1, 0.15) is 0 Å². The second kappa shape index (κ2) is 2.78.